The van der Waals surface area contributed by atoms with Gasteiger partial charge in [-0.1, -0.05) is 0 Å². The molecule has 8 nitrogen and oxygen atoms in total. The van der Waals surface area contributed by atoms with Crippen LogP contribution >= 0.6 is 24.0 Å². The molecule has 0 aromatic carbocycles. The van der Waals surface area contributed by atoms with Crippen LogP contribution in [-0.2, 0) is 11.3 Å². The lowest BCUT2D eigenvalue weighted by Crippen LogP contribution is -2.61. The van der Waals surface area contributed by atoms with Gasteiger partial charge in [0.1, 0.15) is 0 Å². The maximum absolute atomic E-state index is 11.6. The number of hydrogen-bond acceptors (Lipinski definition) is 4. The first kappa shape index (κ1) is 20.7. The molecule has 0 atom stereocenters. The van der Waals surface area contributed by atoms with Crippen LogP contribution in [0.1, 0.15) is 13.8 Å². The van der Waals surface area contributed by atoms with E-state index in [1.54, 1.807) is 13.2 Å². The van der Waals surface area contributed by atoms with E-state index in [4.69, 9.17) is 5.73 Å². The molecule has 1 amide bonds. The Labute approximate surface area is 160 Å². The van der Waals surface area contributed by atoms with Crippen molar-refractivity contribution in [3.05, 3.63) is 18.5 Å². The fourth-order valence-corrected chi connectivity index (χ4v) is 2.68. The zero-order valence-electron chi connectivity index (χ0n) is 14.6. The van der Waals surface area contributed by atoms with Crippen molar-refractivity contribution >= 4 is 35.8 Å². The number of amides is 1. The SMILES string of the molecule is CN=C(NCCn1cccn1)N1CCN(C(C)(C)C(N)=O)CC1.I. The second-order valence-electron chi connectivity index (χ2n) is 6.14. The van der Waals surface area contributed by atoms with Gasteiger partial charge in [0.05, 0.1) is 12.1 Å². The molecular formula is C15H28IN7O. The number of nitrogens with zero attached hydrogens (tertiary/aromatic N) is 5. The van der Waals surface area contributed by atoms with Gasteiger partial charge >= 0.3 is 0 Å². The van der Waals surface area contributed by atoms with Crippen LogP contribution in [0, 0.1) is 0 Å². The molecule has 136 valence electrons. The molecule has 24 heavy (non-hydrogen) atoms. The summed E-state index contributed by atoms with van der Waals surface area (Å²) in [6.45, 7) is 8.52. The highest BCUT2D eigenvalue weighted by atomic mass is 127. The van der Waals surface area contributed by atoms with Crippen LogP contribution in [0.4, 0.5) is 0 Å². The van der Waals surface area contributed by atoms with Crippen molar-refractivity contribution in [2.75, 3.05) is 39.8 Å². The molecule has 0 bridgehead atoms. The molecule has 2 rings (SSSR count). The monoisotopic (exact) mass is 449 g/mol. The first-order chi connectivity index (χ1) is 10.9. The molecule has 9 heteroatoms. The Hall–Kier alpha value is -1.36. The van der Waals surface area contributed by atoms with Crippen LogP contribution in [-0.4, -0.2) is 76.8 Å². The van der Waals surface area contributed by atoms with Gasteiger partial charge in [-0.05, 0) is 19.9 Å². The normalized spacial score (nSPS) is 16.6. The van der Waals surface area contributed by atoms with Crippen LogP contribution in [0.25, 0.3) is 0 Å². The van der Waals surface area contributed by atoms with Gasteiger partial charge in [-0.3, -0.25) is 19.4 Å². The third kappa shape index (κ3) is 5.07. The van der Waals surface area contributed by atoms with Crippen molar-refractivity contribution in [1.29, 1.82) is 0 Å². The topological polar surface area (TPSA) is 91.8 Å². The van der Waals surface area contributed by atoms with E-state index in [0.717, 1.165) is 45.2 Å². The van der Waals surface area contributed by atoms with Crippen molar-refractivity contribution in [2.45, 2.75) is 25.9 Å². The predicted octanol–water partition coefficient (Wildman–Crippen LogP) is -0.0420. The molecule has 0 unspecified atom stereocenters. The summed E-state index contributed by atoms with van der Waals surface area (Å²) in [5.41, 5.74) is 4.89. The molecule has 2 heterocycles. The predicted molar refractivity (Wildman–Crippen MR) is 105 cm³/mol. The van der Waals surface area contributed by atoms with Gasteiger partial charge in [-0.2, -0.15) is 5.10 Å². The maximum atomic E-state index is 11.6. The minimum Gasteiger partial charge on any atom is -0.368 e. The molecule has 0 saturated carbocycles. The zero-order chi connectivity index (χ0) is 16.9. The number of aliphatic imine (C=N–C) groups is 1. The highest BCUT2D eigenvalue weighted by molar-refractivity contribution is 14.0. The van der Waals surface area contributed by atoms with Gasteiger partial charge in [0.15, 0.2) is 5.96 Å². The Balaban J connectivity index is 0.00000288. The molecule has 1 aliphatic rings. The van der Waals surface area contributed by atoms with E-state index in [1.165, 1.54) is 0 Å². The van der Waals surface area contributed by atoms with Crippen molar-refractivity contribution in [2.24, 2.45) is 10.7 Å². The second-order valence-corrected chi connectivity index (χ2v) is 6.14. The standard InChI is InChI=1S/C15H27N7O.HI/c1-15(2,13(16)23)21-11-9-20(10-12-21)14(17-3)18-6-8-22-7-4-5-19-22;/h4-5,7H,6,8-12H2,1-3H3,(H2,16,23)(H,17,18);1H. The quantitative estimate of drug-likeness (QED) is 0.374. The lowest BCUT2D eigenvalue weighted by molar-refractivity contribution is -0.129. The van der Waals surface area contributed by atoms with Crippen LogP contribution < -0.4 is 11.1 Å². The van der Waals surface area contributed by atoms with E-state index in [1.807, 2.05) is 30.8 Å². The smallest absolute Gasteiger partial charge is 0.237 e. The lowest BCUT2D eigenvalue weighted by atomic mass is 10.0. The lowest BCUT2D eigenvalue weighted by Gasteiger charge is -2.43. The van der Waals surface area contributed by atoms with E-state index in [2.05, 4.69) is 25.2 Å². The fourth-order valence-electron chi connectivity index (χ4n) is 2.68. The highest BCUT2D eigenvalue weighted by Crippen LogP contribution is 2.16. The van der Waals surface area contributed by atoms with Gasteiger partial charge in [0, 0.05) is 52.2 Å². The van der Waals surface area contributed by atoms with Crippen molar-refractivity contribution < 1.29 is 4.79 Å². The highest BCUT2D eigenvalue weighted by Gasteiger charge is 2.35. The van der Waals surface area contributed by atoms with Crippen molar-refractivity contribution in [1.82, 2.24) is 24.9 Å². The Morgan fingerprint density at radius 2 is 2.00 bits per heavy atom. The number of carbonyl (C=O) groups is 1. The minimum atomic E-state index is -0.608. The fraction of sp³-hybridized carbons (Fsp3) is 0.667. The molecule has 1 saturated heterocycles. The molecule has 0 spiro atoms. The van der Waals surface area contributed by atoms with Crippen LogP contribution in [0.15, 0.2) is 23.5 Å². The van der Waals surface area contributed by atoms with Crippen molar-refractivity contribution in [3.63, 3.8) is 0 Å². The summed E-state index contributed by atoms with van der Waals surface area (Å²) < 4.78 is 1.88. The second kappa shape index (κ2) is 9.21. The summed E-state index contributed by atoms with van der Waals surface area (Å²) >= 11 is 0. The Bertz CT molecular complexity index is 536. The summed E-state index contributed by atoms with van der Waals surface area (Å²) in [7, 11) is 1.79. The van der Waals surface area contributed by atoms with Gasteiger partial charge in [-0.25, -0.2) is 0 Å². The first-order valence-electron chi connectivity index (χ1n) is 7.93. The maximum Gasteiger partial charge on any atom is 0.237 e. The number of hydrogen-bond donors (Lipinski definition) is 2. The molecule has 3 N–H and O–H groups in total. The van der Waals surface area contributed by atoms with Gasteiger partial charge in [0.2, 0.25) is 5.91 Å². The Morgan fingerprint density at radius 1 is 1.33 bits per heavy atom. The summed E-state index contributed by atoms with van der Waals surface area (Å²) in [4.78, 5) is 20.2. The molecule has 1 aromatic heterocycles. The third-order valence-electron chi connectivity index (χ3n) is 4.37. The van der Waals surface area contributed by atoms with Gasteiger partial charge in [-0.15, -0.1) is 24.0 Å². The summed E-state index contributed by atoms with van der Waals surface area (Å²) in [6, 6.07) is 1.91. The molecule has 0 aliphatic carbocycles. The number of piperazine rings is 1. The Kier molecular flexibility index (Phi) is 7.94. The van der Waals surface area contributed by atoms with Crippen LogP contribution in [0.2, 0.25) is 0 Å². The summed E-state index contributed by atoms with van der Waals surface area (Å²) in [5, 5.41) is 7.54. The minimum absolute atomic E-state index is 0. The molecule has 1 fully saturated rings. The number of rotatable bonds is 5. The molecular weight excluding hydrogens is 421 g/mol. The molecule has 1 aromatic rings. The average Bonchev–Trinajstić information content (AvgIpc) is 3.05. The van der Waals surface area contributed by atoms with E-state index in [9.17, 15) is 4.79 Å². The number of aromatic nitrogens is 2. The number of halogens is 1. The number of nitrogens with one attached hydrogen (secondary N) is 1. The van der Waals surface area contributed by atoms with E-state index >= 15 is 0 Å². The number of nitrogens with two attached hydrogens (primary N) is 1. The van der Waals surface area contributed by atoms with Gasteiger partial charge < -0.3 is 16.0 Å². The third-order valence-corrected chi connectivity index (χ3v) is 4.37. The summed E-state index contributed by atoms with van der Waals surface area (Å²) in [5.74, 6) is 0.598. The van der Waals surface area contributed by atoms with E-state index in [-0.39, 0.29) is 29.9 Å². The van der Waals surface area contributed by atoms with Crippen LogP contribution in [0.3, 0.4) is 0 Å². The van der Waals surface area contributed by atoms with Gasteiger partial charge in [0.25, 0.3) is 0 Å². The summed E-state index contributed by atoms with van der Waals surface area (Å²) in [6.07, 6.45) is 3.71. The number of guanidine groups is 1. The first-order valence-corrected chi connectivity index (χ1v) is 7.93. The largest absolute Gasteiger partial charge is 0.368 e. The molecule has 0 radical (unpaired) electrons. The van der Waals surface area contributed by atoms with Crippen molar-refractivity contribution in [3.8, 4) is 0 Å². The Morgan fingerprint density at radius 3 is 2.50 bits per heavy atom. The molecule has 1 aliphatic heterocycles. The van der Waals surface area contributed by atoms with E-state index < -0.39 is 5.54 Å². The zero-order valence-corrected chi connectivity index (χ0v) is 16.9. The van der Waals surface area contributed by atoms with E-state index in [0.29, 0.717) is 0 Å². The van der Waals surface area contributed by atoms with Crippen LogP contribution in [0.5, 0.6) is 0 Å². The average molecular weight is 449 g/mol. The number of carbonyl (C=O) groups excluding carboxylic acids is 1. The number of primary amides is 1.